The smallest absolute Gasteiger partial charge is 0.269 e. The average Bonchev–Trinajstić information content (AvgIpc) is 2.89. The summed E-state index contributed by atoms with van der Waals surface area (Å²) in [5, 5.41) is 21.3. The van der Waals surface area contributed by atoms with Crippen molar-refractivity contribution in [3.63, 3.8) is 0 Å². The molecule has 0 bridgehead atoms. The van der Waals surface area contributed by atoms with Crippen LogP contribution < -0.4 is 5.32 Å². The van der Waals surface area contributed by atoms with Gasteiger partial charge in [0.05, 0.1) is 11.1 Å². The second kappa shape index (κ2) is 6.99. The van der Waals surface area contributed by atoms with Gasteiger partial charge in [-0.2, -0.15) is 5.10 Å². The molecule has 0 saturated carbocycles. The van der Waals surface area contributed by atoms with Crippen LogP contribution in [0, 0.1) is 17.0 Å². The summed E-state index contributed by atoms with van der Waals surface area (Å²) in [7, 11) is 0. The minimum atomic E-state index is -0.354. The third-order valence-corrected chi connectivity index (χ3v) is 3.53. The van der Waals surface area contributed by atoms with Gasteiger partial charge in [-0.3, -0.25) is 15.2 Å². The van der Waals surface area contributed by atoms with Gasteiger partial charge in [0.2, 0.25) is 0 Å². The molecule has 1 atom stereocenters. The highest BCUT2D eigenvalue weighted by Crippen LogP contribution is 2.23. The fourth-order valence-corrected chi connectivity index (χ4v) is 2.32. The molecule has 1 unspecified atom stereocenters. The maximum Gasteiger partial charge on any atom is 0.269 e. The van der Waals surface area contributed by atoms with Crippen LogP contribution in [0.2, 0.25) is 0 Å². The third-order valence-electron chi connectivity index (χ3n) is 3.53. The number of aromatic amines is 1. The third kappa shape index (κ3) is 3.88. The number of hydrogen-bond donors (Lipinski definition) is 2. The van der Waals surface area contributed by atoms with E-state index in [-0.39, 0.29) is 16.7 Å². The van der Waals surface area contributed by atoms with Gasteiger partial charge in [0.25, 0.3) is 5.69 Å². The Kier molecular flexibility index (Phi) is 5.05. The quantitative estimate of drug-likeness (QED) is 0.605. The molecule has 0 spiro atoms. The molecule has 0 aliphatic rings. The van der Waals surface area contributed by atoms with E-state index in [1.807, 2.05) is 13.0 Å². The molecule has 0 radical (unpaired) electrons. The monoisotopic (exact) mass is 288 g/mol. The fraction of sp³-hybridized carbons (Fsp3) is 0.400. The lowest BCUT2D eigenvalue weighted by molar-refractivity contribution is -0.384. The summed E-state index contributed by atoms with van der Waals surface area (Å²) in [6, 6.07) is 6.94. The summed E-state index contributed by atoms with van der Waals surface area (Å²) in [5.41, 5.74) is 3.24. The maximum absolute atomic E-state index is 10.9. The van der Waals surface area contributed by atoms with Crippen molar-refractivity contribution in [3.8, 4) is 0 Å². The van der Waals surface area contributed by atoms with Crippen molar-refractivity contribution in [2.24, 2.45) is 0 Å². The number of nitrogens with zero attached hydrogens (tertiary/aromatic N) is 2. The molecule has 6 heteroatoms. The highest BCUT2D eigenvalue weighted by Gasteiger charge is 2.14. The molecule has 2 aromatic rings. The summed E-state index contributed by atoms with van der Waals surface area (Å²) < 4.78 is 0. The van der Waals surface area contributed by atoms with Crippen LogP contribution in [0.5, 0.6) is 0 Å². The molecule has 2 N–H and O–H groups in total. The average molecular weight is 288 g/mol. The molecule has 21 heavy (non-hydrogen) atoms. The molecule has 0 amide bonds. The summed E-state index contributed by atoms with van der Waals surface area (Å²) in [6.07, 6.45) is 3.74. The van der Waals surface area contributed by atoms with Crippen molar-refractivity contribution < 1.29 is 4.92 Å². The van der Waals surface area contributed by atoms with Crippen LogP contribution in [-0.2, 0) is 6.54 Å². The Labute approximate surface area is 123 Å². The zero-order valence-electron chi connectivity index (χ0n) is 12.3. The minimum absolute atomic E-state index is 0.101. The number of benzene rings is 1. The number of non-ortho nitro benzene ring substituents is 1. The number of nitro groups is 1. The topological polar surface area (TPSA) is 83.8 Å². The first-order valence-corrected chi connectivity index (χ1v) is 7.08. The summed E-state index contributed by atoms with van der Waals surface area (Å²) >= 11 is 0. The molecule has 6 nitrogen and oxygen atoms in total. The SMILES string of the molecule is CCCC(NCc1cn[nH]c1C)c1cccc([N+](=O)[O-])c1. The zero-order valence-corrected chi connectivity index (χ0v) is 12.3. The summed E-state index contributed by atoms with van der Waals surface area (Å²) in [4.78, 5) is 10.5. The van der Waals surface area contributed by atoms with Crippen molar-refractivity contribution in [1.29, 1.82) is 0 Å². The van der Waals surface area contributed by atoms with Gasteiger partial charge in [0.1, 0.15) is 0 Å². The highest BCUT2D eigenvalue weighted by molar-refractivity contribution is 5.35. The van der Waals surface area contributed by atoms with Crippen molar-refractivity contribution in [2.75, 3.05) is 0 Å². The molecule has 0 aliphatic carbocycles. The van der Waals surface area contributed by atoms with E-state index in [0.29, 0.717) is 6.54 Å². The molecule has 2 rings (SSSR count). The van der Waals surface area contributed by atoms with Crippen LogP contribution in [0.1, 0.15) is 42.6 Å². The molecule has 112 valence electrons. The van der Waals surface area contributed by atoms with E-state index in [1.165, 1.54) is 6.07 Å². The van der Waals surface area contributed by atoms with Crippen LogP contribution in [0.3, 0.4) is 0 Å². The van der Waals surface area contributed by atoms with E-state index >= 15 is 0 Å². The van der Waals surface area contributed by atoms with Crippen molar-refractivity contribution in [2.45, 2.75) is 39.3 Å². The molecule has 1 aromatic carbocycles. The Morgan fingerprint density at radius 1 is 1.48 bits per heavy atom. The lowest BCUT2D eigenvalue weighted by Gasteiger charge is -2.18. The molecule has 1 heterocycles. The second-order valence-corrected chi connectivity index (χ2v) is 5.09. The number of H-pyrrole nitrogens is 1. The lowest BCUT2D eigenvalue weighted by Crippen LogP contribution is -2.21. The Bertz CT molecular complexity index is 609. The number of aryl methyl sites for hydroxylation is 1. The van der Waals surface area contributed by atoms with Gasteiger partial charge >= 0.3 is 0 Å². The van der Waals surface area contributed by atoms with Crippen LogP contribution in [0.15, 0.2) is 30.5 Å². The van der Waals surface area contributed by atoms with Gasteiger partial charge in [-0.15, -0.1) is 0 Å². The fourth-order valence-electron chi connectivity index (χ4n) is 2.32. The predicted molar refractivity (Wildman–Crippen MR) is 80.9 cm³/mol. The number of nitrogens with one attached hydrogen (secondary N) is 2. The van der Waals surface area contributed by atoms with Crippen LogP contribution >= 0.6 is 0 Å². The number of aromatic nitrogens is 2. The van der Waals surface area contributed by atoms with Gasteiger partial charge in [-0.1, -0.05) is 25.5 Å². The zero-order chi connectivity index (χ0) is 15.2. The van der Waals surface area contributed by atoms with Crippen molar-refractivity contribution in [3.05, 3.63) is 57.4 Å². The Morgan fingerprint density at radius 2 is 2.29 bits per heavy atom. The highest BCUT2D eigenvalue weighted by atomic mass is 16.6. The number of nitro benzene ring substituents is 1. The Balaban J connectivity index is 2.12. The Hall–Kier alpha value is -2.21. The van der Waals surface area contributed by atoms with E-state index < -0.39 is 0 Å². The second-order valence-electron chi connectivity index (χ2n) is 5.09. The first-order chi connectivity index (χ1) is 10.1. The lowest BCUT2D eigenvalue weighted by atomic mass is 10.0. The summed E-state index contributed by atoms with van der Waals surface area (Å²) in [5.74, 6) is 0. The molecule has 1 aromatic heterocycles. The molecule has 0 aliphatic heterocycles. The van der Waals surface area contributed by atoms with Gasteiger partial charge in [0, 0.05) is 36.0 Å². The standard InChI is InChI=1S/C15H20N4O2/c1-3-5-15(16-9-13-10-17-18-11(13)2)12-6-4-7-14(8-12)19(20)21/h4,6-8,10,15-16H,3,5,9H2,1-2H3,(H,17,18). The van der Waals surface area contributed by atoms with Crippen molar-refractivity contribution >= 4 is 5.69 Å². The minimum Gasteiger partial charge on any atom is -0.306 e. The molecular formula is C15H20N4O2. The number of hydrogen-bond acceptors (Lipinski definition) is 4. The van der Waals surface area contributed by atoms with Gasteiger partial charge in [-0.05, 0) is 18.9 Å². The van der Waals surface area contributed by atoms with E-state index in [2.05, 4.69) is 22.4 Å². The van der Waals surface area contributed by atoms with Crippen LogP contribution in [0.4, 0.5) is 5.69 Å². The first kappa shape index (κ1) is 15.2. The first-order valence-electron chi connectivity index (χ1n) is 7.08. The molecule has 0 fully saturated rings. The normalized spacial score (nSPS) is 12.3. The van der Waals surface area contributed by atoms with Crippen LogP contribution in [0.25, 0.3) is 0 Å². The van der Waals surface area contributed by atoms with Crippen LogP contribution in [-0.4, -0.2) is 15.1 Å². The largest absolute Gasteiger partial charge is 0.306 e. The van der Waals surface area contributed by atoms with E-state index in [4.69, 9.17) is 0 Å². The molecular weight excluding hydrogens is 268 g/mol. The Morgan fingerprint density at radius 3 is 2.90 bits per heavy atom. The number of rotatable bonds is 7. The molecule has 0 saturated heterocycles. The van der Waals surface area contributed by atoms with Gasteiger partial charge in [0.15, 0.2) is 0 Å². The van der Waals surface area contributed by atoms with Crippen molar-refractivity contribution in [1.82, 2.24) is 15.5 Å². The van der Waals surface area contributed by atoms with E-state index in [1.54, 1.807) is 18.3 Å². The summed E-state index contributed by atoms with van der Waals surface area (Å²) in [6.45, 7) is 4.77. The van der Waals surface area contributed by atoms with E-state index in [9.17, 15) is 10.1 Å². The van der Waals surface area contributed by atoms with Gasteiger partial charge < -0.3 is 5.32 Å². The van der Waals surface area contributed by atoms with Gasteiger partial charge in [-0.25, -0.2) is 0 Å². The predicted octanol–water partition coefficient (Wildman–Crippen LogP) is 3.26. The maximum atomic E-state index is 10.9. The van der Waals surface area contributed by atoms with E-state index in [0.717, 1.165) is 29.7 Å².